The largest absolute Gasteiger partial charge is 0.495 e. The number of hydrogen-bond donors (Lipinski definition) is 3. The van der Waals surface area contributed by atoms with Crippen LogP contribution >= 0.6 is 11.6 Å². The number of rotatable bonds is 5. The Kier molecular flexibility index (Phi) is 4.86. The molecule has 3 N–H and O–H groups in total. The summed E-state index contributed by atoms with van der Waals surface area (Å²) < 4.78 is 5.19. The van der Waals surface area contributed by atoms with Crippen LogP contribution in [-0.2, 0) is 0 Å². The second-order valence-corrected chi connectivity index (χ2v) is 3.92. The fourth-order valence-electron chi connectivity index (χ4n) is 1.31. The van der Waals surface area contributed by atoms with Crippen LogP contribution in [0.15, 0.2) is 12.1 Å². The maximum atomic E-state index is 8.98. The molecule has 0 amide bonds. The standard InChI is InChI=1S/C11H16ClNO3/c1-7-3-11(16-2)10(4-9(7)12)13-8(5-14)6-15/h3-4,8,13-15H,5-6H2,1-2H3. The van der Waals surface area contributed by atoms with E-state index in [0.29, 0.717) is 16.5 Å². The average molecular weight is 246 g/mol. The Hall–Kier alpha value is -0.970. The Morgan fingerprint density at radius 3 is 2.50 bits per heavy atom. The molecule has 1 rings (SSSR count). The normalized spacial score (nSPS) is 10.6. The number of aryl methyl sites for hydroxylation is 1. The molecule has 0 aliphatic heterocycles. The lowest BCUT2D eigenvalue weighted by atomic mass is 10.2. The van der Waals surface area contributed by atoms with Crippen LogP contribution in [0.4, 0.5) is 5.69 Å². The molecule has 0 heterocycles. The SMILES string of the molecule is COc1cc(C)c(Cl)cc1NC(CO)CO. The molecule has 0 saturated carbocycles. The predicted molar refractivity (Wildman–Crippen MR) is 64.3 cm³/mol. The Labute approximate surface area is 99.8 Å². The minimum absolute atomic E-state index is 0.162. The number of aliphatic hydroxyl groups is 2. The molecule has 1 aromatic rings. The van der Waals surface area contributed by atoms with Crippen molar-refractivity contribution < 1.29 is 14.9 Å². The first-order valence-corrected chi connectivity index (χ1v) is 5.32. The van der Waals surface area contributed by atoms with Gasteiger partial charge in [-0.05, 0) is 24.6 Å². The van der Waals surface area contributed by atoms with Crippen LogP contribution in [-0.4, -0.2) is 36.6 Å². The zero-order valence-corrected chi connectivity index (χ0v) is 10.1. The summed E-state index contributed by atoms with van der Waals surface area (Å²) >= 11 is 5.99. The molecule has 0 aliphatic rings. The molecule has 0 atom stereocenters. The van der Waals surface area contributed by atoms with Gasteiger partial charge >= 0.3 is 0 Å². The molecule has 0 fully saturated rings. The van der Waals surface area contributed by atoms with Crippen LogP contribution < -0.4 is 10.1 Å². The molecule has 0 saturated heterocycles. The van der Waals surface area contributed by atoms with Gasteiger partial charge in [-0.15, -0.1) is 0 Å². The van der Waals surface area contributed by atoms with E-state index in [1.54, 1.807) is 19.2 Å². The van der Waals surface area contributed by atoms with E-state index in [0.717, 1.165) is 5.56 Å². The molecule has 0 radical (unpaired) electrons. The lowest BCUT2D eigenvalue weighted by Gasteiger charge is -2.18. The van der Waals surface area contributed by atoms with Crippen molar-refractivity contribution in [3.63, 3.8) is 0 Å². The minimum atomic E-state index is -0.423. The molecule has 4 nitrogen and oxygen atoms in total. The van der Waals surface area contributed by atoms with Gasteiger partial charge in [0.15, 0.2) is 0 Å². The van der Waals surface area contributed by atoms with Gasteiger partial charge in [0, 0.05) is 5.02 Å². The van der Waals surface area contributed by atoms with E-state index >= 15 is 0 Å². The fourth-order valence-corrected chi connectivity index (χ4v) is 1.47. The van der Waals surface area contributed by atoms with Crippen LogP contribution in [0.5, 0.6) is 5.75 Å². The highest BCUT2D eigenvalue weighted by Gasteiger charge is 2.11. The van der Waals surface area contributed by atoms with E-state index in [2.05, 4.69) is 5.32 Å². The molecular weight excluding hydrogens is 230 g/mol. The van der Waals surface area contributed by atoms with Gasteiger partial charge in [0.05, 0.1) is 32.1 Å². The first-order valence-electron chi connectivity index (χ1n) is 4.94. The van der Waals surface area contributed by atoms with E-state index in [1.807, 2.05) is 6.92 Å². The first-order chi connectivity index (χ1) is 7.62. The predicted octanol–water partition coefficient (Wildman–Crippen LogP) is 1.42. The molecule has 1 aromatic carbocycles. The second kappa shape index (κ2) is 5.94. The third kappa shape index (κ3) is 3.01. The third-order valence-corrected chi connectivity index (χ3v) is 2.69. The number of methoxy groups -OCH3 is 1. The van der Waals surface area contributed by atoms with Crippen molar-refractivity contribution in [2.24, 2.45) is 0 Å². The van der Waals surface area contributed by atoms with Crippen molar-refractivity contribution in [3.8, 4) is 5.75 Å². The molecule has 0 spiro atoms. The van der Waals surface area contributed by atoms with Gasteiger partial charge in [-0.25, -0.2) is 0 Å². The van der Waals surface area contributed by atoms with Crippen molar-refractivity contribution in [2.75, 3.05) is 25.6 Å². The van der Waals surface area contributed by atoms with Gasteiger partial charge in [-0.3, -0.25) is 0 Å². The number of anilines is 1. The van der Waals surface area contributed by atoms with Crippen molar-refractivity contribution in [3.05, 3.63) is 22.7 Å². The Morgan fingerprint density at radius 1 is 1.38 bits per heavy atom. The van der Waals surface area contributed by atoms with Crippen molar-refractivity contribution >= 4 is 17.3 Å². The van der Waals surface area contributed by atoms with E-state index in [1.165, 1.54) is 0 Å². The highest BCUT2D eigenvalue weighted by atomic mass is 35.5. The molecule has 0 aromatic heterocycles. The van der Waals surface area contributed by atoms with Crippen LogP contribution in [0.1, 0.15) is 5.56 Å². The zero-order chi connectivity index (χ0) is 12.1. The van der Waals surface area contributed by atoms with Gasteiger partial charge in [0.2, 0.25) is 0 Å². The van der Waals surface area contributed by atoms with Gasteiger partial charge in [0.1, 0.15) is 5.75 Å². The van der Waals surface area contributed by atoms with Crippen LogP contribution in [0, 0.1) is 6.92 Å². The molecule has 16 heavy (non-hydrogen) atoms. The molecule has 90 valence electrons. The van der Waals surface area contributed by atoms with E-state index < -0.39 is 6.04 Å². The number of nitrogens with one attached hydrogen (secondary N) is 1. The third-order valence-electron chi connectivity index (χ3n) is 2.28. The molecule has 0 bridgehead atoms. The number of halogens is 1. The summed E-state index contributed by atoms with van der Waals surface area (Å²) in [6.45, 7) is 1.56. The maximum absolute atomic E-state index is 8.98. The first kappa shape index (κ1) is 13.1. The lowest BCUT2D eigenvalue weighted by Crippen LogP contribution is -2.27. The summed E-state index contributed by atoms with van der Waals surface area (Å²) in [4.78, 5) is 0. The van der Waals surface area contributed by atoms with Crippen molar-refractivity contribution in [2.45, 2.75) is 13.0 Å². The number of aliphatic hydroxyl groups excluding tert-OH is 2. The summed E-state index contributed by atoms with van der Waals surface area (Å²) in [5, 5.41) is 21.5. The van der Waals surface area contributed by atoms with Crippen LogP contribution in [0.2, 0.25) is 5.02 Å². The summed E-state index contributed by atoms with van der Waals surface area (Å²) in [5.74, 6) is 0.633. The Bertz CT molecular complexity index is 353. The molecule has 5 heteroatoms. The summed E-state index contributed by atoms with van der Waals surface area (Å²) in [6.07, 6.45) is 0. The minimum Gasteiger partial charge on any atom is -0.495 e. The highest BCUT2D eigenvalue weighted by Crippen LogP contribution is 2.31. The summed E-state index contributed by atoms with van der Waals surface area (Å²) in [5.41, 5.74) is 1.57. The monoisotopic (exact) mass is 245 g/mol. The smallest absolute Gasteiger partial charge is 0.142 e. The van der Waals surface area contributed by atoms with Gasteiger partial charge in [0.25, 0.3) is 0 Å². The zero-order valence-electron chi connectivity index (χ0n) is 9.33. The quantitative estimate of drug-likeness (QED) is 0.734. The van der Waals surface area contributed by atoms with E-state index in [4.69, 9.17) is 26.6 Å². The number of benzene rings is 1. The summed E-state index contributed by atoms with van der Waals surface area (Å²) in [6, 6.07) is 3.09. The molecular formula is C11H16ClNO3. The molecule has 0 aliphatic carbocycles. The Morgan fingerprint density at radius 2 is 2.00 bits per heavy atom. The topological polar surface area (TPSA) is 61.7 Å². The highest BCUT2D eigenvalue weighted by molar-refractivity contribution is 6.31. The Balaban J connectivity index is 2.97. The van der Waals surface area contributed by atoms with E-state index in [-0.39, 0.29) is 13.2 Å². The van der Waals surface area contributed by atoms with Gasteiger partial charge < -0.3 is 20.3 Å². The average Bonchev–Trinajstić information content (AvgIpc) is 2.29. The van der Waals surface area contributed by atoms with Gasteiger partial charge in [-0.2, -0.15) is 0 Å². The lowest BCUT2D eigenvalue weighted by molar-refractivity contribution is 0.203. The fraction of sp³-hybridized carbons (Fsp3) is 0.455. The van der Waals surface area contributed by atoms with Crippen LogP contribution in [0.25, 0.3) is 0 Å². The summed E-state index contributed by atoms with van der Waals surface area (Å²) in [7, 11) is 1.56. The maximum Gasteiger partial charge on any atom is 0.142 e. The van der Waals surface area contributed by atoms with Crippen LogP contribution in [0.3, 0.4) is 0 Å². The van der Waals surface area contributed by atoms with Crippen molar-refractivity contribution in [1.82, 2.24) is 0 Å². The number of hydrogen-bond acceptors (Lipinski definition) is 4. The van der Waals surface area contributed by atoms with Gasteiger partial charge in [-0.1, -0.05) is 11.6 Å². The van der Waals surface area contributed by atoms with Crippen molar-refractivity contribution in [1.29, 1.82) is 0 Å². The van der Waals surface area contributed by atoms with E-state index in [9.17, 15) is 0 Å². The molecule has 0 unspecified atom stereocenters. The second-order valence-electron chi connectivity index (χ2n) is 3.51. The number of ether oxygens (including phenoxy) is 1.